The van der Waals surface area contributed by atoms with Crippen molar-refractivity contribution >= 4 is 22.6 Å². The molecular weight excluding hydrogens is 212 g/mol. The Kier molecular flexibility index (Phi) is 2.86. The summed E-state index contributed by atoms with van der Waals surface area (Å²) in [5.41, 5.74) is 0.834. The maximum atomic E-state index is 6.01. The third kappa shape index (κ3) is 1.95. The number of aryl methyl sites for hydroxylation is 2. The molecule has 0 aliphatic carbocycles. The minimum Gasteiger partial charge on any atom is -0.247 e. The Morgan fingerprint density at radius 1 is 1.40 bits per heavy atom. The van der Waals surface area contributed by atoms with Crippen molar-refractivity contribution in [3.05, 3.63) is 17.2 Å². The standard InChI is InChI=1S/C10H13ClN4/c1-3-4-5-15-10-8(6-12-15)9(11)13-7(2)14-10/h6H,3-5H2,1-2H3. The molecule has 80 valence electrons. The van der Waals surface area contributed by atoms with E-state index in [1.807, 2.05) is 11.6 Å². The largest absolute Gasteiger partial charge is 0.247 e. The monoisotopic (exact) mass is 224 g/mol. The van der Waals surface area contributed by atoms with Gasteiger partial charge in [0.15, 0.2) is 5.65 Å². The average Bonchev–Trinajstić information content (AvgIpc) is 2.58. The highest BCUT2D eigenvalue weighted by atomic mass is 35.5. The van der Waals surface area contributed by atoms with Gasteiger partial charge in [-0.15, -0.1) is 0 Å². The first-order chi connectivity index (χ1) is 7.22. The average molecular weight is 225 g/mol. The highest BCUT2D eigenvalue weighted by molar-refractivity contribution is 6.33. The van der Waals surface area contributed by atoms with Crippen LogP contribution in [0.5, 0.6) is 0 Å². The Morgan fingerprint density at radius 2 is 2.20 bits per heavy atom. The van der Waals surface area contributed by atoms with E-state index in [9.17, 15) is 0 Å². The van der Waals surface area contributed by atoms with E-state index in [1.165, 1.54) is 0 Å². The van der Waals surface area contributed by atoms with Crippen molar-refractivity contribution in [2.45, 2.75) is 33.2 Å². The third-order valence-corrected chi connectivity index (χ3v) is 2.57. The number of aromatic nitrogens is 4. The van der Waals surface area contributed by atoms with Crippen LogP contribution in [0.3, 0.4) is 0 Å². The number of halogens is 1. The molecule has 0 amide bonds. The van der Waals surface area contributed by atoms with E-state index in [-0.39, 0.29) is 0 Å². The van der Waals surface area contributed by atoms with Crippen LogP contribution in [0.25, 0.3) is 11.0 Å². The summed E-state index contributed by atoms with van der Waals surface area (Å²) in [5, 5.41) is 5.58. The lowest BCUT2D eigenvalue weighted by atomic mass is 10.3. The quantitative estimate of drug-likeness (QED) is 0.753. The van der Waals surface area contributed by atoms with Gasteiger partial charge >= 0.3 is 0 Å². The minimum absolute atomic E-state index is 0.486. The SMILES string of the molecule is CCCCn1ncc2c(Cl)nc(C)nc21. The number of unbranched alkanes of at least 4 members (excludes halogenated alkanes) is 1. The normalized spacial score (nSPS) is 11.1. The van der Waals surface area contributed by atoms with E-state index in [2.05, 4.69) is 22.0 Å². The molecule has 0 saturated heterocycles. The molecule has 2 heterocycles. The molecule has 0 spiro atoms. The van der Waals surface area contributed by atoms with Crippen LogP contribution in [0.15, 0.2) is 6.20 Å². The molecule has 2 aromatic rings. The van der Waals surface area contributed by atoms with E-state index in [4.69, 9.17) is 11.6 Å². The van der Waals surface area contributed by atoms with Gasteiger partial charge in [0.25, 0.3) is 0 Å². The number of fused-ring (bicyclic) bond motifs is 1. The molecule has 5 heteroatoms. The molecular formula is C10H13ClN4. The van der Waals surface area contributed by atoms with Gasteiger partial charge < -0.3 is 0 Å². The van der Waals surface area contributed by atoms with Gasteiger partial charge in [0.05, 0.1) is 11.6 Å². The topological polar surface area (TPSA) is 43.6 Å². The van der Waals surface area contributed by atoms with Gasteiger partial charge in [-0.3, -0.25) is 0 Å². The second-order valence-corrected chi connectivity index (χ2v) is 3.88. The number of hydrogen-bond donors (Lipinski definition) is 0. The zero-order chi connectivity index (χ0) is 10.8. The zero-order valence-corrected chi connectivity index (χ0v) is 9.62. The first-order valence-electron chi connectivity index (χ1n) is 5.08. The summed E-state index contributed by atoms with van der Waals surface area (Å²) >= 11 is 6.01. The molecule has 0 radical (unpaired) electrons. The van der Waals surface area contributed by atoms with Gasteiger partial charge in [0.2, 0.25) is 0 Å². The van der Waals surface area contributed by atoms with Gasteiger partial charge in [0.1, 0.15) is 11.0 Å². The molecule has 15 heavy (non-hydrogen) atoms. The number of rotatable bonds is 3. The Morgan fingerprint density at radius 3 is 2.93 bits per heavy atom. The van der Waals surface area contributed by atoms with Gasteiger partial charge in [-0.05, 0) is 13.3 Å². The summed E-state index contributed by atoms with van der Waals surface area (Å²) in [5.74, 6) is 0.686. The smallest absolute Gasteiger partial charge is 0.163 e. The molecule has 0 N–H and O–H groups in total. The maximum absolute atomic E-state index is 6.01. The lowest BCUT2D eigenvalue weighted by Crippen LogP contribution is -2.02. The number of hydrogen-bond acceptors (Lipinski definition) is 3. The molecule has 0 unspecified atom stereocenters. The van der Waals surface area contributed by atoms with Crippen molar-refractivity contribution in [1.82, 2.24) is 19.7 Å². The third-order valence-electron chi connectivity index (χ3n) is 2.29. The van der Waals surface area contributed by atoms with Crippen molar-refractivity contribution in [2.24, 2.45) is 0 Å². The second-order valence-electron chi connectivity index (χ2n) is 3.52. The predicted molar refractivity (Wildman–Crippen MR) is 60.0 cm³/mol. The van der Waals surface area contributed by atoms with Crippen molar-refractivity contribution in [2.75, 3.05) is 0 Å². The van der Waals surface area contributed by atoms with Gasteiger partial charge in [-0.2, -0.15) is 5.10 Å². The fourth-order valence-electron chi connectivity index (χ4n) is 1.49. The molecule has 4 nitrogen and oxygen atoms in total. The van der Waals surface area contributed by atoms with E-state index >= 15 is 0 Å². The molecule has 0 aliphatic rings. The fourth-order valence-corrected chi connectivity index (χ4v) is 1.75. The zero-order valence-electron chi connectivity index (χ0n) is 8.87. The molecule has 2 aromatic heterocycles. The molecule has 0 aliphatic heterocycles. The lowest BCUT2D eigenvalue weighted by molar-refractivity contribution is 0.583. The predicted octanol–water partition coefficient (Wildman–Crippen LogP) is 2.59. The van der Waals surface area contributed by atoms with Crippen LogP contribution in [-0.4, -0.2) is 19.7 Å². The van der Waals surface area contributed by atoms with Crippen LogP contribution in [0.1, 0.15) is 25.6 Å². The van der Waals surface area contributed by atoms with Gasteiger partial charge in [-0.1, -0.05) is 24.9 Å². The lowest BCUT2D eigenvalue weighted by Gasteiger charge is -2.01. The highest BCUT2D eigenvalue weighted by Gasteiger charge is 2.09. The first-order valence-corrected chi connectivity index (χ1v) is 5.46. The van der Waals surface area contributed by atoms with E-state index in [1.54, 1.807) is 6.20 Å². The van der Waals surface area contributed by atoms with Crippen LogP contribution in [0.2, 0.25) is 5.15 Å². The molecule has 0 saturated carbocycles. The molecule has 2 rings (SSSR count). The van der Waals surface area contributed by atoms with Crippen molar-refractivity contribution in [1.29, 1.82) is 0 Å². The van der Waals surface area contributed by atoms with Crippen LogP contribution in [-0.2, 0) is 6.54 Å². The van der Waals surface area contributed by atoms with Crippen molar-refractivity contribution in [3.63, 3.8) is 0 Å². The summed E-state index contributed by atoms with van der Waals surface area (Å²) in [6.45, 7) is 4.87. The summed E-state index contributed by atoms with van der Waals surface area (Å²) in [7, 11) is 0. The summed E-state index contributed by atoms with van der Waals surface area (Å²) < 4.78 is 1.89. The molecule has 0 aromatic carbocycles. The van der Waals surface area contributed by atoms with E-state index in [0.717, 1.165) is 30.4 Å². The van der Waals surface area contributed by atoms with Gasteiger partial charge in [-0.25, -0.2) is 14.6 Å². The van der Waals surface area contributed by atoms with Crippen LogP contribution in [0.4, 0.5) is 0 Å². The second kappa shape index (κ2) is 4.14. The Hall–Kier alpha value is -1.16. The van der Waals surface area contributed by atoms with Crippen LogP contribution >= 0.6 is 11.6 Å². The molecule has 0 bridgehead atoms. The highest BCUT2D eigenvalue weighted by Crippen LogP contribution is 2.19. The number of nitrogens with zero attached hydrogens (tertiary/aromatic N) is 4. The Balaban J connectivity index is 2.49. The Bertz CT molecular complexity index is 477. The van der Waals surface area contributed by atoms with E-state index < -0.39 is 0 Å². The fraction of sp³-hybridized carbons (Fsp3) is 0.500. The van der Waals surface area contributed by atoms with Crippen LogP contribution < -0.4 is 0 Å². The summed E-state index contributed by atoms with van der Waals surface area (Å²) in [6.07, 6.45) is 3.96. The minimum atomic E-state index is 0.486. The molecule has 0 fully saturated rings. The summed E-state index contributed by atoms with van der Waals surface area (Å²) in [6, 6.07) is 0. The Labute approximate surface area is 93.3 Å². The van der Waals surface area contributed by atoms with Crippen molar-refractivity contribution < 1.29 is 0 Å². The summed E-state index contributed by atoms with van der Waals surface area (Å²) in [4.78, 5) is 8.45. The van der Waals surface area contributed by atoms with Crippen LogP contribution in [0, 0.1) is 6.92 Å². The van der Waals surface area contributed by atoms with Crippen molar-refractivity contribution in [3.8, 4) is 0 Å². The molecule has 0 atom stereocenters. The van der Waals surface area contributed by atoms with E-state index in [0.29, 0.717) is 11.0 Å². The maximum Gasteiger partial charge on any atom is 0.163 e. The first kappa shape index (κ1) is 10.4. The van der Waals surface area contributed by atoms with Gasteiger partial charge in [0, 0.05) is 6.54 Å².